The molecule has 0 atom stereocenters. The van der Waals surface area contributed by atoms with E-state index >= 15 is 0 Å². The van der Waals surface area contributed by atoms with Crippen molar-refractivity contribution in [3.05, 3.63) is 69.7 Å². The monoisotopic (exact) mass is 321 g/mol. The molecule has 0 saturated heterocycles. The highest BCUT2D eigenvalue weighted by molar-refractivity contribution is 6.42. The first-order valence-electron chi connectivity index (χ1n) is 6.77. The minimum atomic E-state index is 0.0455. The van der Waals surface area contributed by atoms with Crippen LogP contribution in [0.1, 0.15) is 15.9 Å². The smallest absolute Gasteiger partial charge is 0.176 e. The van der Waals surface area contributed by atoms with E-state index in [1.807, 2.05) is 30.1 Å². The minimum absolute atomic E-state index is 0.0455. The average molecular weight is 322 g/mol. The molecule has 21 heavy (non-hydrogen) atoms. The van der Waals surface area contributed by atoms with Crippen LogP contribution >= 0.6 is 23.2 Å². The predicted octanol–water partition coefficient (Wildman–Crippen LogP) is 4.35. The average Bonchev–Trinajstić information content (AvgIpc) is 2.49. The van der Waals surface area contributed by atoms with Gasteiger partial charge in [0.05, 0.1) is 16.6 Å². The van der Waals surface area contributed by atoms with Crippen molar-refractivity contribution in [2.75, 3.05) is 20.1 Å². The number of halogens is 2. The van der Waals surface area contributed by atoms with Crippen molar-refractivity contribution in [3.63, 3.8) is 0 Å². The number of likely N-dealkylation sites (N-methyl/N-ethyl adjacent to an activating group) is 1. The normalized spacial score (nSPS) is 10.9. The number of nitrogens with zero attached hydrogens (tertiary/aromatic N) is 1. The Morgan fingerprint density at radius 3 is 2.43 bits per heavy atom. The molecule has 0 N–H and O–H groups in total. The van der Waals surface area contributed by atoms with Gasteiger partial charge in [-0.15, -0.1) is 0 Å². The lowest BCUT2D eigenvalue weighted by Crippen LogP contribution is -2.28. The Balaban J connectivity index is 1.88. The number of ketones is 1. The molecule has 0 aliphatic carbocycles. The molecule has 110 valence electrons. The van der Waals surface area contributed by atoms with Crippen LogP contribution < -0.4 is 0 Å². The number of hydrogen-bond donors (Lipinski definition) is 0. The van der Waals surface area contributed by atoms with Gasteiger partial charge < -0.3 is 0 Å². The van der Waals surface area contributed by atoms with E-state index in [2.05, 4.69) is 12.1 Å². The Morgan fingerprint density at radius 1 is 1.05 bits per heavy atom. The molecule has 0 aliphatic heterocycles. The van der Waals surface area contributed by atoms with Crippen LogP contribution in [0.2, 0.25) is 10.0 Å². The van der Waals surface area contributed by atoms with Crippen LogP contribution in [-0.2, 0) is 6.42 Å². The summed E-state index contributed by atoms with van der Waals surface area (Å²) in [6, 6.07) is 15.2. The number of carbonyl (C=O) groups is 1. The summed E-state index contributed by atoms with van der Waals surface area (Å²) in [5.41, 5.74) is 1.86. The van der Waals surface area contributed by atoms with E-state index in [9.17, 15) is 4.79 Å². The topological polar surface area (TPSA) is 20.3 Å². The first kappa shape index (κ1) is 16.0. The van der Waals surface area contributed by atoms with Crippen molar-refractivity contribution in [1.29, 1.82) is 0 Å². The highest BCUT2D eigenvalue weighted by Gasteiger charge is 2.11. The van der Waals surface area contributed by atoms with E-state index in [1.165, 1.54) is 5.56 Å². The van der Waals surface area contributed by atoms with E-state index in [1.54, 1.807) is 18.2 Å². The fourth-order valence-corrected chi connectivity index (χ4v) is 2.35. The van der Waals surface area contributed by atoms with Crippen molar-refractivity contribution < 1.29 is 4.79 Å². The SMILES string of the molecule is CN(CCc1ccccc1)CC(=O)c1ccc(Cl)c(Cl)c1. The van der Waals surface area contributed by atoms with Gasteiger partial charge in [0.2, 0.25) is 0 Å². The quantitative estimate of drug-likeness (QED) is 0.737. The van der Waals surface area contributed by atoms with Crippen molar-refractivity contribution in [1.82, 2.24) is 4.90 Å². The van der Waals surface area contributed by atoms with Crippen LogP contribution in [0.25, 0.3) is 0 Å². The Kier molecular flexibility index (Phi) is 5.80. The lowest BCUT2D eigenvalue weighted by atomic mass is 10.1. The van der Waals surface area contributed by atoms with Gasteiger partial charge in [0.15, 0.2) is 5.78 Å². The molecule has 2 nitrogen and oxygen atoms in total. The van der Waals surface area contributed by atoms with Crippen LogP contribution in [0.5, 0.6) is 0 Å². The number of hydrogen-bond acceptors (Lipinski definition) is 2. The van der Waals surface area contributed by atoms with E-state index in [4.69, 9.17) is 23.2 Å². The second-order valence-corrected chi connectivity index (χ2v) is 5.84. The van der Waals surface area contributed by atoms with Crippen molar-refractivity contribution in [2.45, 2.75) is 6.42 Å². The molecule has 0 bridgehead atoms. The zero-order valence-electron chi connectivity index (χ0n) is 11.9. The van der Waals surface area contributed by atoms with E-state index in [0.29, 0.717) is 22.2 Å². The van der Waals surface area contributed by atoms with E-state index in [0.717, 1.165) is 13.0 Å². The summed E-state index contributed by atoms with van der Waals surface area (Å²) in [5.74, 6) is 0.0455. The largest absolute Gasteiger partial charge is 0.299 e. The molecule has 2 aromatic rings. The van der Waals surface area contributed by atoms with Crippen LogP contribution in [0, 0.1) is 0 Å². The Morgan fingerprint density at radius 2 is 1.76 bits per heavy atom. The second-order valence-electron chi connectivity index (χ2n) is 5.03. The van der Waals surface area contributed by atoms with Crippen molar-refractivity contribution >= 4 is 29.0 Å². The number of rotatable bonds is 6. The Hall–Kier alpha value is -1.35. The van der Waals surface area contributed by atoms with Crippen LogP contribution in [-0.4, -0.2) is 30.8 Å². The van der Waals surface area contributed by atoms with Gasteiger partial charge >= 0.3 is 0 Å². The molecular weight excluding hydrogens is 305 g/mol. The summed E-state index contributed by atoms with van der Waals surface area (Å²) in [4.78, 5) is 14.2. The fourth-order valence-electron chi connectivity index (χ4n) is 2.05. The molecule has 0 aliphatic rings. The van der Waals surface area contributed by atoms with Crippen LogP contribution in [0.4, 0.5) is 0 Å². The summed E-state index contributed by atoms with van der Waals surface area (Å²) in [6.07, 6.45) is 0.923. The van der Waals surface area contributed by atoms with Gasteiger partial charge in [-0.25, -0.2) is 0 Å². The lowest BCUT2D eigenvalue weighted by molar-refractivity contribution is 0.0947. The predicted molar refractivity (Wildman–Crippen MR) is 88.4 cm³/mol. The minimum Gasteiger partial charge on any atom is -0.299 e. The maximum Gasteiger partial charge on any atom is 0.176 e. The van der Waals surface area contributed by atoms with Gasteiger partial charge in [-0.05, 0) is 37.2 Å². The van der Waals surface area contributed by atoms with E-state index in [-0.39, 0.29) is 5.78 Å². The molecule has 2 aromatic carbocycles. The van der Waals surface area contributed by atoms with Crippen molar-refractivity contribution in [3.8, 4) is 0 Å². The highest BCUT2D eigenvalue weighted by atomic mass is 35.5. The number of benzene rings is 2. The third-order valence-corrected chi connectivity index (χ3v) is 4.02. The van der Waals surface area contributed by atoms with Gasteiger partial charge in [-0.1, -0.05) is 53.5 Å². The number of Topliss-reactive ketones (excluding diaryl/α,β-unsaturated/α-hetero) is 1. The fraction of sp³-hybridized carbons (Fsp3) is 0.235. The molecular formula is C17H17Cl2NO. The zero-order valence-corrected chi connectivity index (χ0v) is 13.4. The number of carbonyl (C=O) groups excluding carboxylic acids is 1. The molecule has 4 heteroatoms. The van der Waals surface area contributed by atoms with Gasteiger partial charge in [0, 0.05) is 12.1 Å². The molecule has 0 fully saturated rings. The molecule has 0 unspecified atom stereocenters. The first-order valence-corrected chi connectivity index (χ1v) is 7.52. The van der Waals surface area contributed by atoms with Crippen molar-refractivity contribution in [2.24, 2.45) is 0 Å². The summed E-state index contributed by atoms with van der Waals surface area (Å²) in [6.45, 7) is 1.20. The standard InChI is InChI=1S/C17H17Cl2NO/c1-20(10-9-13-5-3-2-4-6-13)12-17(21)14-7-8-15(18)16(19)11-14/h2-8,11H,9-10,12H2,1H3. The van der Waals surface area contributed by atoms with Crippen LogP contribution in [0.3, 0.4) is 0 Å². The molecule has 0 heterocycles. The molecule has 0 spiro atoms. The molecule has 0 amide bonds. The van der Waals surface area contributed by atoms with Crippen LogP contribution in [0.15, 0.2) is 48.5 Å². The summed E-state index contributed by atoms with van der Waals surface area (Å²) in [7, 11) is 1.94. The molecule has 2 rings (SSSR count). The Bertz CT molecular complexity index is 613. The molecule has 0 aromatic heterocycles. The lowest BCUT2D eigenvalue weighted by Gasteiger charge is -2.16. The first-order chi connectivity index (χ1) is 10.1. The maximum atomic E-state index is 12.2. The summed E-state index contributed by atoms with van der Waals surface area (Å²) < 4.78 is 0. The highest BCUT2D eigenvalue weighted by Crippen LogP contribution is 2.22. The van der Waals surface area contributed by atoms with Gasteiger partial charge in [0.25, 0.3) is 0 Å². The molecule has 0 saturated carbocycles. The molecule has 0 radical (unpaired) electrons. The summed E-state index contributed by atoms with van der Waals surface area (Å²) >= 11 is 11.8. The maximum absolute atomic E-state index is 12.2. The third-order valence-electron chi connectivity index (χ3n) is 3.28. The van der Waals surface area contributed by atoms with Gasteiger partial charge in [-0.3, -0.25) is 9.69 Å². The van der Waals surface area contributed by atoms with Gasteiger partial charge in [0.1, 0.15) is 0 Å². The second kappa shape index (κ2) is 7.60. The van der Waals surface area contributed by atoms with E-state index < -0.39 is 0 Å². The Labute approximate surface area is 135 Å². The zero-order chi connectivity index (χ0) is 15.2. The van der Waals surface area contributed by atoms with Gasteiger partial charge in [-0.2, -0.15) is 0 Å². The third kappa shape index (κ3) is 4.85. The summed E-state index contributed by atoms with van der Waals surface area (Å²) in [5, 5.41) is 0.875.